The molecule has 2 N–H and O–H groups in total. The molecule has 0 saturated heterocycles. The van der Waals surface area contributed by atoms with Gasteiger partial charge in [0, 0.05) is 12.1 Å². The molecule has 0 fully saturated rings. The minimum Gasteiger partial charge on any atom is -0.392 e. The van der Waals surface area contributed by atoms with Gasteiger partial charge in [-0.1, -0.05) is 12.2 Å². The first kappa shape index (κ1) is 13.6. The summed E-state index contributed by atoms with van der Waals surface area (Å²) in [6.07, 6.45) is 0. The predicted molar refractivity (Wildman–Crippen MR) is 69.5 cm³/mol. The van der Waals surface area contributed by atoms with Gasteiger partial charge in [-0.05, 0) is 37.6 Å². The van der Waals surface area contributed by atoms with E-state index in [9.17, 15) is 9.18 Å². The summed E-state index contributed by atoms with van der Waals surface area (Å²) in [6, 6.07) is 4.28. The second-order valence-electron chi connectivity index (χ2n) is 3.75. The number of amides is 1. The molecule has 5 heteroatoms. The number of thiocarbonyl (C=S) groups is 1. The summed E-state index contributed by atoms with van der Waals surface area (Å²) < 4.78 is 13.1. The van der Waals surface area contributed by atoms with E-state index >= 15 is 0 Å². The molecule has 0 spiro atoms. The predicted octanol–water partition coefficient (Wildman–Crippen LogP) is 1.88. The number of hydrogen-bond donors (Lipinski definition) is 1. The first-order valence-corrected chi connectivity index (χ1v) is 5.70. The Balaban J connectivity index is 2.93. The van der Waals surface area contributed by atoms with E-state index in [1.54, 1.807) is 6.92 Å². The summed E-state index contributed by atoms with van der Waals surface area (Å²) in [7, 11) is 0. The number of nitrogens with zero attached hydrogens (tertiary/aromatic N) is 1. The Morgan fingerprint density at radius 1 is 1.53 bits per heavy atom. The summed E-state index contributed by atoms with van der Waals surface area (Å²) >= 11 is 4.78. The summed E-state index contributed by atoms with van der Waals surface area (Å²) in [5, 5.41) is 0. The van der Waals surface area contributed by atoms with Crippen LogP contribution in [0, 0.1) is 12.7 Å². The molecule has 0 heterocycles. The number of hydrogen-bond acceptors (Lipinski definition) is 2. The zero-order valence-electron chi connectivity index (χ0n) is 9.87. The fourth-order valence-electron chi connectivity index (χ4n) is 1.48. The molecule has 1 aromatic rings. The quantitative estimate of drug-likeness (QED) is 0.835. The molecule has 1 aromatic carbocycles. The van der Waals surface area contributed by atoms with Crippen molar-refractivity contribution in [3.63, 3.8) is 0 Å². The largest absolute Gasteiger partial charge is 0.392 e. The number of aryl methyl sites for hydroxylation is 1. The topological polar surface area (TPSA) is 46.3 Å². The Bertz CT molecular complexity index is 448. The maximum absolute atomic E-state index is 13.1. The second kappa shape index (κ2) is 5.72. The Morgan fingerprint density at radius 3 is 2.65 bits per heavy atom. The van der Waals surface area contributed by atoms with Crippen molar-refractivity contribution >= 4 is 23.1 Å². The number of benzene rings is 1. The smallest absolute Gasteiger partial charge is 0.254 e. The molecule has 0 saturated carbocycles. The fraction of sp³-hybridized carbons (Fsp3) is 0.333. The molecule has 0 aliphatic heterocycles. The summed E-state index contributed by atoms with van der Waals surface area (Å²) in [5.74, 6) is -0.512. The van der Waals surface area contributed by atoms with Crippen LogP contribution in [0.2, 0.25) is 0 Å². The zero-order valence-corrected chi connectivity index (χ0v) is 10.7. The average Bonchev–Trinajstić information content (AvgIpc) is 2.28. The third kappa shape index (κ3) is 3.49. The Hall–Kier alpha value is -1.49. The number of rotatable bonds is 4. The van der Waals surface area contributed by atoms with E-state index < -0.39 is 0 Å². The molecular weight excluding hydrogens is 239 g/mol. The number of halogens is 1. The van der Waals surface area contributed by atoms with Gasteiger partial charge in [-0.3, -0.25) is 4.79 Å². The van der Waals surface area contributed by atoms with Crippen LogP contribution in [0.15, 0.2) is 18.2 Å². The van der Waals surface area contributed by atoms with Gasteiger partial charge in [-0.15, -0.1) is 0 Å². The van der Waals surface area contributed by atoms with Crippen LogP contribution in [0.4, 0.5) is 4.39 Å². The van der Waals surface area contributed by atoms with Gasteiger partial charge in [-0.25, -0.2) is 4.39 Å². The van der Waals surface area contributed by atoms with Crippen molar-refractivity contribution in [3.8, 4) is 0 Å². The maximum Gasteiger partial charge on any atom is 0.254 e. The molecule has 0 aliphatic carbocycles. The molecule has 17 heavy (non-hydrogen) atoms. The van der Waals surface area contributed by atoms with Gasteiger partial charge < -0.3 is 10.6 Å². The van der Waals surface area contributed by atoms with Crippen molar-refractivity contribution in [1.82, 2.24) is 4.90 Å². The van der Waals surface area contributed by atoms with E-state index in [2.05, 4.69) is 0 Å². The summed E-state index contributed by atoms with van der Waals surface area (Å²) in [6.45, 7) is 4.20. The normalized spacial score (nSPS) is 10.1. The zero-order chi connectivity index (χ0) is 13.0. The second-order valence-corrected chi connectivity index (χ2v) is 4.27. The fourth-order valence-corrected chi connectivity index (χ4v) is 1.63. The lowest BCUT2D eigenvalue weighted by atomic mass is 10.1. The Labute approximate surface area is 105 Å². The van der Waals surface area contributed by atoms with Crippen LogP contribution < -0.4 is 5.73 Å². The average molecular weight is 254 g/mol. The summed E-state index contributed by atoms with van der Waals surface area (Å²) in [5.41, 5.74) is 6.31. The van der Waals surface area contributed by atoms with Crippen LogP contribution in [-0.2, 0) is 0 Å². The molecule has 0 bridgehead atoms. The van der Waals surface area contributed by atoms with Crippen LogP contribution in [0.1, 0.15) is 22.8 Å². The molecule has 0 atom stereocenters. The Morgan fingerprint density at radius 2 is 2.18 bits per heavy atom. The van der Waals surface area contributed by atoms with Gasteiger partial charge in [0.25, 0.3) is 5.91 Å². The number of carbonyl (C=O) groups is 1. The van der Waals surface area contributed by atoms with Crippen molar-refractivity contribution in [1.29, 1.82) is 0 Å². The van der Waals surface area contributed by atoms with Gasteiger partial charge in [0.15, 0.2) is 0 Å². The van der Waals surface area contributed by atoms with E-state index in [-0.39, 0.29) is 23.3 Å². The molecule has 0 aromatic heterocycles. The lowest BCUT2D eigenvalue weighted by Gasteiger charge is -2.20. The summed E-state index contributed by atoms with van der Waals surface area (Å²) in [4.78, 5) is 13.8. The van der Waals surface area contributed by atoms with Crippen LogP contribution in [0.5, 0.6) is 0 Å². The van der Waals surface area contributed by atoms with Crippen molar-refractivity contribution in [2.24, 2.45) is 5.73 Å². The van der Waals surface area contributed by atoms with Gasteiger partial charge in [0.2, 0.25) is 0 Å². The SMILES string of the molecule is CCN(CC(N)=S)C(=O)c1ccc(F)c(C)c1. The van der Waals surface area contributed by atoms with E-state index in [1.165, 1.54) is 23.1 Å². The highest BCUT2D eigenvalue weighted by atomic mass is 32.1. The lowest BCUT2D eigenvalue weighted by Crippen LogP contribution is -2.37. The molecule has 0 radical (unpaired) electrons. The number of carbonyl (C=O) groups excluding carboxylic acids is 1. The minimum absolute atomic E-state index is 0.191. The molecule has 0 unspecified atom stereocenters. The highest BCUT2D eigenvalue weighted by Crippen LogP contribution is 2.11. The van der Waals surface area contributed by atoms with Crippen molar-refractivity contribution in [2.45, 2.75) is 13.8 Å². The van der Waals surface area contributed by atoms with E-state index in [0.717, 1.165) is 0 Å². The van der Waals surface area contributed by atoms with Gasteiger partial charge in [-0.2, -0.15) is 0 Å². The molecule has 92 valence electrons. The van der Waals surface area contributed by atoms with E-state index in [0.29, 0.717) is 17.7 Å². The highest BCUT2D eigenvalue weighted by molar-refractivity contribution is 7.80. The minimum atomic E-state index is -0.320. The molecule has 1 amide bonds. The maximum atomic E-state index is 13.1. The van der Waals surface area contributed by atoms with Crippen molar-refractivity contribution in [3.05, 3.63) is 35.1 Å². The third-order valence-electron chi connectivity index (χ3n) is 2.42. The van der Waals surface area contributed by atoms with Crippen LogP contribution in [0.3, 0.4) is 0 Å². The van der Waals surface area contributed by atoms with E-state index in [1.807, 2.05) is 6.92 Å². The number of likely N-dealkylation sites (N-methyl/N-ethyl adjacent to an activating group) is 1. The third-order valence-corrected chi connectivity index (χ3v) is 2.55. The molecular formula is C12H15FN2OS. The van der Waals surface area contributed by atoms with Crippen LogP contribution in [0.25, 0.3) is 0 Å². The van der Waals surface area contributed by atoms with E-state index in [4.69, 9.17) is 18.0 Å². The first-order valence-electron chi connectivity index (χ1n) is 5.29. The van der Waals surface area contributed by atoms with Gasteiger partial charge >= 0.3 is 0 Å². The van der Waals surface area contributed by atoms with Crippen molar-refractivity contribution < 1.29 is 9.18 Å². The first-order chi connectivity index (χ1) is 7.95. The van der Waals surface area contributed by atoms with Crippen LogP contribution >= 0.6 is 12.2 Å². The van der Waals surface area contributed by atoms with Crippen molar-refractivity contribution in [2.75, 3.05) is 13.1 Å². The van der Waals surface area contributed by atoms with Crippen LogP contribution in [-0.4, -0.2) is 28.9 Å². The van der Waals surface area contributed by atoms with Gasteiger partial charge in [0.05, 0.1) is 11.5 Å². The Kier molecular flexibility index (Phi) is 4.57. The molecule has 0 aliphatic rings. The molecule has 1 rings (SSSR count). The number of nitrogens with two attached hydrogens (primary N) is 1. The standard InChI is InChI=1S/C12H15FN2OS/c1-3-15(7-11(14)17)12(16)9-4-5-10(13)8(2)6-9/h4-6H,3,7H2,1-2H3,(H2,14,17). The molecule has 3 nitrogen and oxygen atoms in total. The highest BCUT2D eigenvalue weighted by Gasteiger charge is 2.15. The lowest BCUT2D eigenvalue weighted by molar-refractivity contribution is 0.0787. The van der Waals surface area contributed by atoms with Gasteiger partial charge in [0.1, 0.15) is 5.82 Å². The monoisotopic (exact) mass is 254 g/mol.